The van der Waals surface area contributed by atoms with Gasteiger partial charge in [0.05, 0.1) is 30.8 Å². The number of aryl methyl sites for hydroxylation is 1. The first kappa shape index (κ1) is 18.6. The number of hydrogen-bond donors (Lipinski definition) is 2. The first-order chi connectivity index (χ1) is 13.0. The number of nitrogens with zero attached hydrogens (tertiary/aromatic N) is 2. The Balaban J connectivity index is 2.12. The lowest BCUT2D eigenvalue weighted by Crippen LogP contribution is -2.22. The van der Waals surface area contributed by atoms with E-state index in [0.29, 0.717) is 17.2 Å². The van der Waals surface area contributed by atoms with Gasteiger partial charge in [0.25, 0.3) is 0 Å². The van der Waals surface area contributed by atoms with Crippen molar-refractivity contribution in [3.8, 4) is 17.9 Å². The average molecular weight is 368 g/mol. The Morgan fingerprint density at radius 3 is 2.81 bits per heavy atom. The third-order valence-corrected chi connectivity index (χ3v) is 4.33. The maximum absolute atomic E-state index is 9.69. The van der Waals surface area contributed by atoms with Gasteiger partial charge in [0, 0.05) is 0 Å². The monoisotopic (exact) mass is 368 g/mol. The van der Waals surface area contributed by atoms with Crippen LogP contribution >= 0.6 is 0 Å². The number of benzene rings is 1. The summed E-state index contributed by atoms with van der Waals surface area (Å²) in [5.74, 6) is 1.09. The smallest absolute Gasteiger partial charge is 0.395 e. The van der Waals surface area contributed by atoms with Crippen LogP contribution in [-0.2, 0) is 6.42 Å². The molecule has 2 aromatic rings. The molecular weight excluding hydrogens is 344 g/mol. The minimum atomic E-state index is -0.428. The molecule has 1 unspecified atom stereocenters. The fraction of sp³-hybridized carbons (Fsp3) is 0.400. The van der Waals surface area contributed by atoms with Crippen molar-refractivity contribution in [2.24, 2.45) is 5.73 Å². The molecular formula is C20H24N4O3. The predicted octanol–water partition coefficient (Wildman–Crippen LogP) is 3.67. The molecule has 0 radical (unpaired) electrons. The summed E-state index contributed by atoms with van der Waals surface area (Å²) >= 11 is 0. The van der Waals surface area contributed by atoms with Crippen LogP contribution in [0.2, 0.25) is 0 Å². The van der Waals surface area contributed by atoms with Crippen molar-refractivity contribution in [1.82, 2.24) is 4.98 Å². The third kappa shape index (κ3) is 3.56. The quantitative estimate of drug-likeness (QED) is 0.801. The average Bonchev–Trinajstić information content (AvgIpc) is 3.04. The SMILES string of the molecule is CCCc1cc(C2C(C#N)=C(N)Nc3oc(OC)nc32)ccc1OC(C)C. The number of anilines is 1. The van der Waals surface area contributed by atoms with Crippen LogP contribution in [0.4, 0.5) is 5.88 Å². The van der Waals surface area contributed by atoms with Crippen LogP contribution in [0.5, 0.6) is 11.8 Å². The number of hydrogen-bond acceptors (Lipinski definition) is 7. The summed E-state index contributed by atoms with van der Waals surface area (Å²) in [4.78, 5) is 4.38. The Morgan fingerprint density at radius 2 is 2.19 bits per heavy atom. The van der Waals surface area contributed by atoms with E-state index in [4.69, 9.17) is 19.6 Å². The van der Waals surface area contributed by atoms with Crippen molar-refractivity contribution in [3.05, 3.63) is 46.4 Å². The molecule has 0 aliphatic carbocycles. The van der Waals surface area contributed by atoms with E-state index in [9.17, 15) is 5.26 Å². The normalized spacial score (nSPS) is 15.9. The first-order valence-corrected chi connectivity index (χ1v) is 8.99. The molecule has 27 heavy (non-hydrogen) atoms. The second kappa shape index (κ2) is 7.62. The highest BCUT2D eigenvalue weighted by atomic mass is 16.6. The molecule has 1 aliphatic rings. The van der Waals surface area contributed by atoms with Gasteiger partial charge in [-0.3, -0.25) is 0 Å². The molecule has 0 fully saturated rings. The summed E-state index contributed by atoms with van der Waals surface area (Å²) in [6, 6.07) is 8.17. The number of nitrogens with two attached hydrogens (primary N) is 1. The molecule has 0 saturated carbocycles. The molecule has 0 saturated heterocycles. The van der Waals surface area contributed by atoms with Crippen molar-refractivity contribution in [2.45, 2.75) is 45.6 Å². The summed E-state index contributed by atoms with van der Waals surface area (Å²) in [6.07, 6.45) is 2.06. The molecule has 1 aliphatic heterocycles. The highest BCUT2D eigenvalue weighted by Gasteiger charge is 2.34. The van der Waals surface area contributed by atoms with Gasteiger partial charge in [-0.1, -0.05) is 25.5 Å². The fourth-order valence-electron chi connectivity index (χ4n) is 3.23. The zero-order valence-corrected chi connectivity index (χ0v) is 16.0. The van der Waals surface area contributed by atoms with Crippen LogP contribution in [0, 0.1) is 11.3 Å². The van der Waals surface area contributed by atoms with Crippen molar-refractivity contribution in [2.75, 3.05) is 12.4 Å². The number of fused-ring (bicyclic) bond motifs is 1. The molecule has 1 atom stereocenters. The largest absolute Gasteiger partial charge is 0.491 e. The molecule has 2 heterocycles. The zero-order chi connectivity index (χ0) is 19.6. The van der Waals surface area contributed by atoms with E-state index in [1.165, 1.54) is 7.11 Å². The summed E-state index contributed by atoms with van der Waals surface area (Å²) in [5, 5.41) is 12.6. The standard InChI is InChI=1S/C20H24N4O3/c1-5-6-12-9-13(7-8-15(12)26-11(2)3)16-14(10-21)18(22)24-19-17(16)23-20(25-4)27-19/h7-9,11,16,24H,5-6,22H2,1-4H3. The molecule has 0 spiro atoms. The minimum Gasteiger partial charge on any atom is -0.491 e. The van der Waals surface area contributed by atoms with E-state index in [-0.39, 0.29) is 18.0 Å². The molecule has 1 aromatic heterocycles. The molecule has 3 rings (SSSR count). The van der Waals surface area contributed by atoms with Gasteiger partial charge in [0.1, 0.15) is 17.3 Å². The number of allylic oxidation sites excluding steroid dienone is 1. The Bertz CT molecular complexity index is 908. The van der Waals surface area contributed by atoms with E-state index in [1.807, 2.05) is 26.0 Å². The van der Waals surface area contributed by atoms with Gasteiger partial charge >= 0.3 is 6.08 Å². The number of nitrogens with one attached hydrogen (secondary N) is 1. The molecule has 0 amide bonds. The molecule has 7 nitrogen and oxygen atoms in total. The molecule has 1 aromatic carbocycles. The third-order valence-electron chi connectivity index (χ3n) is 4.33. The lowest BCUT2D eigenvalue weighted by atomic mass is 9.85. The minimum absolute atomic E-state index is 0.0851. The van der Waals surface area contributed by atoms with Crippen LogP contribution in [0.1, 0.15) is 49.9 Å². The van der Waals surface area contributed by atoms with Crippen molar-refractivity contribution < 1.29 is 13.9 Å². The summed E-state index contributed by atoms with van der Waals surface area (Å²) in [7, 11) is 1.48. The van der Waals surface area contributed by atoms with Gasteiger partial charge in [-0.05, 0) is 37.5 Å². The van der Waals surface area contributed by atoms with Gasteiger partial charge in [-0.2, -0.15) is 10.2 Å². The number of aromatic nitrogens is 1. The van der Waals surface area contributed by atoms with Gasteiger partial charge in [-0.15, -0.1) is 0 Å². The van der Waals surface area contributed by atoms with E-state index in [1.54, 1.807) is 0 Å². The summed E-state index contributed by atoms with van der Waals surface area (Å²) in [5.41, 5.74) is 9.05. The van der Waals surface area contributed by atoms with Gasteiger partial charge in [0.15, 0.2) is 0 Å². The molecule has 7 heteroatoms. The fourth-order valence-corrected chi connectivity index (χ4v) is 3.23. The predicted molar refractivity (Wildman–Crippen MR) is 102 cm³/mol. The van der Waals surface area contributed by atoms with Gasteiger partial charge in [-0.25, -0.2) is 0 Å². The Hall–Kier alpha value is -3.14. The zero-order valence-electron chi connectivity index (χ0n) is 16.0. The van der Waals surface area contributed by atoms with Gasteiger partial charge in [0.2, 0.25) is 5.88 Å². The van der Waals surface area contributed by atoms with E-state index < -0.39 is 5.92 Å². The van der Waals surface area contributed by atoms with Crippen molar-refractivity contribution in [1.29, 1.82) is 5.26 Å². The number of methoxy groups -OCH3 is 1. The second-order valence-electron chi connectivity index (χ2n) is 6.68. The first-order valence-electron chi connectivity index (χ1n) is 8.99. The van der Waals surface area contributed by atoms with Gasteiger partial charge < -0.3 is 24.9 Å². The number of ether oxygens (including phenoxy) is 2. The van der Waals surface area contributed by atoms with E-state index >= 15 is 0 Å². The van der Waals surface area contributed by atoms with Crippen molar-refractivity contribution >= 4 is 5.88 Å². The Morgan fingerprint density at radius 1 is 1.41 bits per heavy atom. The number of nitriles is 1. The highest BCUT2D eigenvalue weighted by molar-refractivity contribution is 5.62. The van der Waals surface area contributed by atoms with Crippen LogP contribution in [0.3, 0.4) is 0 Å². The Labute approximate surface area is 158 Å². The maximum Gasteiger partial charge on any atom is 0.395 e. The molecule has 142 valence electrons. The van der Waals surface area contributed by atoms with Crippen LogP contribution in [0.15, 0.2) is 34.0 Å². The van der Waals surface area contributed by atoms with Crippen LogP contribution < -0.4 is 20.5 Å². The van der Waals surface area contributed by atoms with Crippen LogP contribution in [0.25, 0.3) is 0 Å². The van der Waals surface area contributed by atoms with Crippen LogP contribution in [-0.4, -0.2) is 18.2 Å². The van der Waals surface area contributed by atoms with E-state index in [2.05, 4.69) is 29.4 Å². The number of oxazole rings is 1. The summed E-state index contributed by atoms with van der Waals surface area (Å²) in [6.45, 7) is 6.12. The maximum atomic E-state index is 9.69. The molecule has 3 N–H and O–H groups in total. The van der Waals surface area contributed by atoms with E-state index in [0.717, 1.165) is 29.7 Å². The lowest BCUT2D eigenvalue weighted by molar-refractivity contribution is 0.240. The van der Waals surface area contributed by atoms with Crippen molar-refractivity contribution in [3.63, 3.8) is 0 Å². The number of rotatable bonds is 6. The second-order valence-corrected chi connectivity index (χ2v) is 6.68. The Kier molecular flexibility index (Phi) is 5.26. The highest BCUT2D eigenvalue weighted by Crippen LogP contribution is 2.42. The lowest BCUT2D eigenvalue weighted by Gasteiger charge is -2.23. The summed E-state index contributed by atoms with van der Waals surface area (Å²) < 4.78 is 16.6. The topological polar surface area (TPSA) is 106 Å². The molecule has 0 bridgehead atoms.